The van der Waals surface area contributed by atoms with E-state index < -0.39 is 5.97 Å². The minimum absolute atomic E-state index is 0.0939. The number of carboxylic acids is 1. The topological polar surface area (TPSA) is 66.8 Å². The van der Waals surface area contributed by atoms with Crippen LogP contribution in [0.15, 0.2) is 22.7 Å². The summed E-state index contributed by atoms with van der Waals surface area (Å²) in [7, 11) is 3.29. The van der Waals surface area contributed by atoms with Crippen LogP contribution in [0, 0.1) is 6.92 Å². The van der Waals surface area contributed by atoms with E-state index in [-0.39, 0.29) is 12.5 Å². The molecule has 1 N–H and O–H groups in total. The summed E-state index contributed by atoms with van der Waals surface area (Å²) in [6.45, 7) is 1.74. The highest BCUT2D eigenvalue weighted by atomic mass is 79.9. The highest BCUT2D eigenvalue weighted by Gasteiger charge is 2.11. The minimum atomic E-state index is -1.04. The van der Waals surface area contributed by atoms with E-state index in [0.717, 1.165) is 16.1 Å². The fraction of sp³-hybridized carbons (Fsp3) is 0.286. The molecule has 0 unspecified atom stereocenters. The summed E-state index contributed by atoms with van der Waals surface area (Å²) < 4.78 is 6.33. The number of amides is 1. The van der Waals surface area contributed by atoms with Gasteiger partial charge in [-0.25, -0.2) is 4.79 Å². The lowest BCUT2D eigenvalue weighted by molar-refractivity contribution is -0.132. The van der Waals surface area contributed by atoms with Crippen molar-refractivity contribution < 1.29 is 19.4 Å². The number of nitrogens with zero attached hydrogens (tertiary/aromatic N) is 1. The Hall–Kier alpha value is -1.82. The molecule has 0 aliphatic rings. The molecule has 5 nitrogen and oxygen atoms in total. The van der Waals surface area contributed by atoms with E-state index in [1.807, 2.05) is 13.0 Å². The number of rotatable bonds is 5. The van der Waals surface area contributed by atoms with Crippen LogP contribution in [0.25, 0.3) is 6.08 Å². The molecule has 1 aromatic rings. The van der Waals surface area contributed by atoms with E-state index in [1.54, 1.807) is 20.2 Å². The molecule has 0 radical (unpaired) electrons. The number of carbonyl (C=O) groups excluding carboxylic acids is 1. The minimum Gasteiger partial charge on any atom is -0.483 e. The fourth-order valence-electron chi connectivity index (χ4n) is 1.50. The molecule has 6 heteroatoms. The van der Waals surface area contributed by atoms with Crippen LogP contribution < -0.4 is 4.74 Å². The van der Waals surface area contributed by atoms with Gasteiger partial charge in [-0.2, -0.15) is 0 Å². The van der Waals surface area contributed by atoms with Crippen LogP contribution >= 0.6 is 15.9 Å². The lowest BCUT2D eigenvalue weighted by atomic mass is 10.1. The predicted octanol–water partition coefficient (Wildman–Crippen LogP) is 2.32. The Labute approximate surface area is 126 Å². The zero-order valence-electron chi connectivity index (χ0n) is 11.5. The van der Waals surface area contributed by atoms with Gasteiger partial charge in [-0.1, -0.05) is 15.9 Å². The third-order valence-corrected chi connectivity index (χ3v) is 2.97. The largest absolute Gasteiger partial charge is 0.483 e. The molecule has 108 valence electrons. The molecular formula is C14H16BrNO4. The number of carbonyl (C=O) groups is 2. The highest BCUT2D eigenvalue weighted by molar-refractivity contribution is 9.10. The molecule has 1 aromatic carbocycles. The Bertz CT molecular complexity index is 552. The lowest BCUT2D eigenvalue weighted by Gasteiger charge is -2.15. The highest BCUT2D eigenvalue weighted by Crippen LogP contribution is 2.29. The summed E-state index contributed by atoms with van der Waals surface area (Å²) in [6, 6.07) is 3.58. The van der Waals surface area contributed by atoms with Gasteiger partial charge in [-0.05, 0) is 30.7 Å². The molecular weight excluding hydrogens is 326 g/mol. The summed E-state index contributed by atoms with van der Waals surface area (Å²) in [5.41, 5.74) is 1.42. The number of likely N-dealkylation sites (N-methyl/N-ethyl adjacent to an activating group) is 1. The van der Waals surface area contributed by atoms with Gasteiger partial charge in [0.1, 0.15) is 5.75 Å². The molecule has 0 aliphatic carbocycles. The standard InChI is InChI=1S/C14H16BrNO4/c1-9-6-11(15)7-10(4-5-13(18)19)14(9)20-8-12(17)16(2)3/h4-7H,8H2,1-3H3,(H,18,19)/b5-4+. The molecule has 0 saturated carbocycles. The van der Waals surface area contributed by atoms with Crippen LogP contribution in [0.1, 0.15) is 11.1 Å². The van der Waals surface area contributed by atoms with E-state index in [1.165, 1.54) is 11.0 Å². The van der Waals surface area contributed by atoms with Gasteiger partial charge in [0.05, 0.1) is 0 Å². The van der Waals surface area contributed by atoms with Crippen LogP contribution in [-0.4, -0.2) is 42.6 Å². The van der Waals surface area contributed by atoms with Gasteiger partial charge in [0, 0.05) is 30.2 Å². The molecule has 0 fully saturated rings. The summed E-state index contributed by atoms with van der Waals surface area (Å²) in [5, 5.41) is 8.70. The number of aliphatic carboxylic acids is 1. The third kappa shape index (κ3) is 4.70. The molecule has 0 aliphatic heterocycles. The van der Waals surface area contributed by atoms with E-state index in [4.69, 9.17) is 9.84 Å². The SMILES string of the molecule is Cc1cc(Br)cc(/C=C/C(=O)O)c1OCC(=O)N(C)C. The molecule has 0 aromatic heterocycles. The molecule has 0 atom stereocenters. The second kappa shape index (κ2) is 7.09. The molecule has 0 bridgehead atoms. The number of aryl methyl sites for hydroxylation is 1. The van der Waals surface area contributed by atoms with Gasteiger partial charge in [-0.3, -0.25) is 4.79 Å². The zero-order chi connectivity index (χ0) is 15.3. The summed E-state index contributed by atoms with van der Waals surface area (Å²) in [5.74, 6) is -0.709. The molecule has 0 saturated heterocycles. The van der Waals surface area contributed by atoms with Gasteiger partial charge in [0.2, 0.25) is 0 Å². The maximum absolute atomic E-state index is 11.6. The van der Waals surface area contributed by atoms with Gasteiger partial charge >= 0.3 is 5.97 Å². The van der Waals surface area contributed by atoms with Crippen molar-refractivity contribution >= 4 is 33.9 Å². The van der Waals surface area contributed by atoms with Gasteiger partial charge in [0.25, 0.3) is 5.91 Å². The van der Waals surface area contributed by atoms with Crippen molar-refractivity contribution in [3.63, 3.8) is 0 Å². The van der Waals surface area contributed by atoms with Crippen LogP contribution in [0.5, 0.6) is 5.75 Å². The first-order chi connectivity index (χ1) is 9.31. The number of hydrogen-bond acceptors (Lipinski definition) is 3. The monoisotopic (exact) mass is 341 g/mol. The van der Waals surface area contributed by atoms with Gasteiger partial charge in [0.15, 0.2) is 6.61 Å². The quantitative estimate of drug-likeness (QED) is 0.834. The van der Waals surface area contributed by atoms with Gasteiger partial charge in [-0.15, -0.1) is 0 Å². The van der Waals surface area contributed by atoms with Crippen molar-refractivity contribution in [3.05, 3.63) is 33.8 Å². The maximum atomic E-state index is 11.6. The van der Waals surface area contributed by atoms with E-state index in [0.29, 0.717) is 11.3 Å². The Balaban J connectivity index is 3.04. The molecule has 1 amide bonds. The van der Waals surface area contributed by atoms with Crippen LogP contribution in [0.3, 0.4) is 0 Å². The average molecular weight is 342 g/mol. The summed E-state index contributed by atoms with van der Waals surface area (Å²) in [4.78, 5) is 23.6. The van der Waals surface area contributed by atoms with Crippen molar-refractivity contribution in [1.82, 2.24) is 4.90 Å². The van der Waals surface area contributed by atoms with Crippen LogP contribution in [-0.2, 0) is 9.59 Å². The first kappa shape index (κ1) is 16.2. The molecule has 1 rings (SSSR count). The van der Waals surface area contributed by atoms with E-state index in [9.17, 15) is 9.59 Å². The number of carboxylic acid groups (broad SMARTS) is 1. The molecule has 0 heterocycles. The Morgan fingerprint density at radius 1 is 1.40 bits per heavy atom. The Kier molecular flexibility index (Phi) is 5.76. The lowest BCUT2D eigenvalue weighted by Crippen LogP contribution is -2.27. The van der Waals surface area contributed by atoms with Crippen molar-refractivity contribution in [1.29, 1.82) is 0 Å². The smallest absolute Gasteiger partial charge is 0.328 e. The first-order valence-corrected chi connectivity index (χ1v) is 6.64. The second-order valence-electron chi connectivity index (χ2n) is 4.39. The Morgan fingerprint density at radius 2 is 2.05 bits per heavy atom. The fourth-order valence-corrected chi connectivity index (χ4v) is 2.09. The van der Waals surface area contributed by atoms with Crippen molar-refractivity contribution in [3.8, 4) is 5.75 Å². The third-order valence-electron chi connectivity index (χ3n) is 2.51. The Morgan fingerprint density at radius 3 is 2.60 bits per heavy atom. The average Bonchev–Trinajstić information content (AvgIpc) is 2.34. The maximum Gasteiger partial charge on any atom is 0.328 e. The number of halogens is 1. The predicted molar refractivity (Wildman–Crippen MR) is 79.7 cm³/mol. The van der Waals surface area contributed by atoms with Crippen LogP contribution in [0.4, 0.5) is 0 Å². The number of hydrogen-bond donors (Lipinski definition) is 1. The summed E-state index contributed by atoms with van der Waals surface area (Å²) >= 11 is 3.35. The van der Waals surface area contributed by atoms with Crippen molar-refractivity contribution in [2.45, 2.75) is 6.92 Å². The van der Waals surface area contributed by atoms with Crippen LogP contribution in [0.2, 0.25) is 0 Å². The van der Waals surface area contributed by atoms with E-state index >= 15 is 0 Å². The first-order valence-electron chi connectivity index (χ1n) is 5.85. The number of benzene rings is 1. The zero-order valence-corrected chi connectivity index (χ0v) is 13.1. The molecule has 20 heavy (non-hydrogen) atoms. The van der Waals surface area contributed by atoms with Gasteiger partial charge < -0.3 is 14.7 Å². The van der Waals surface area contributed by atoms with Crippen molar-refractivity contribution in [2.24, 2.45) is 0 Å². The van der Waals surface area contributed by atoms with Crippen molar-refractivity contribution in [2.75, 3.05) is 20.7 Å². The molecule has 0 spiro atoms. The second-order valence-corrected chi connectivity index (χ2v) is 5.31. The summed E-state index contributed by atoms with van der Waals surface area (Å²) in [6.07, 6.45) is 2.47. The normalized spacial score (nSPS) is 10.6. The van der Waals surface area contributed by atoms with E-state index in [2.05, 4.69) is 15.9 Å². The number of ether oxygens (including phenoxy) is 1.